The minimum Gasteiger partial charge on any atom is -0.493 e. The van der Waals surface area contributed by atoms with E-state index in [4.69, 9.17) is 13.9 Å². The average molecular weight is 516 g/mol. The molecule has 0 radical (unpaired) electrons. The van der Waals surface area contributed by atoms with Crippen LogP contribution < -0.4 is 20.1 Å². The molecule has 0 amide bonds. The fraction of sp³-hybridized carbons (Fsp3) is 0.476. The Labute approximate surface area is 190 Å². The predicted octanol–water partition coefficient (Wildman–Crippen LogP) is 3.66. The predicted molar refractivity (Wildman–Crippen MR) is 128 cm³/mol. The van der Waals surface area contributed by atoms with Gasteiger partial charge in [-0.2, -0.15) is 0 Å². The highest BCUT2D eigenvalue weighted by molar-refractivity contribution is 14.0. The molecular weight excluding hydrogens is 483 g/mol. The number of likely N-dealkylation sites (N-methyl/N-ethyl adjacent to an activating group) is 1. The summed E-state index contributed by atoms with van der Waals surface area (Å²) >= 11 is 0. The lowest BCUT2D eigenvalue weighted by atomic mass is 10.2. The minimum atomic E-state index is 0. The van der Waals surface area contributed by atoms with Crippen molar-refractivity contribution in [1.82, 2.24) is 15.5 Å². The van der Waals surface area contributed by atoms with E-state index in [1.54, 1.807) is 27.5 Å². The topological polar surface area (TPSA) is 71.3 Å². The van der Waals surface area contributed by atoms with Crippen LogP contribution in [0.2, 0.25) is 0 Å². The number of nitrogens with one attached hydrogen (secondary N) is 2. The van der Waals surface area contributed by atoms with Crippen LogP contribution in [0.25, 0.3) is 0 Å². The molecule has 1 heterocycles. The first-order valence-corrected chi connectivity index (χ1v) is 9.59. The lowest BCUT2D eigenvalue weighted by Crippen LogP contribution is -2.42. The summed E-state index contributed by atoms with van der Waals surface area (Å²) in [5, 5.41) is 6.75. The second kappa shape index (κ2) is 13.3. The van der Waals surface area contributed by atoms with Crippen LogP contribution in [0.4, 0.5) is 0 Å². The van der Waals surface area contributed by atoms with E-state index in [-0.39, 0.29) is 30.0 Å². The molecule has 8 heteroatoms. The maximum Gasteiger partial charge on any atom is 0.191 e. The molecule has 1 unspecified atom stereocenters. The van der Waals surface area contributed by atoms with Crippen molar-refractivity contribution in [3.05, 3.63) is 47.9 Å². The summed E-state index contributed by atoms with van der Waals surface area (Å²) in [5.41, 5.74) is 1.08. The van der Waals surface area contributed by atoms with E-state index in [9.17, 15) is 0 Å². The highest BCUT2D eigenvalue weighted by Gasteiger charge is 2.20. The number of hydrogen-bond acceptors (Lipinski definition) is 5. The van der Waals surface area contributed by atoms with Gasteiger partial charge in [0.15, 0.2) is 17.5 Å². The van der Waals surface area contributed by atoms with Crippen LogP contribution in [-0.4, -0.2) is 51.8 Å². The van der Waals surface area contributed by atoms with Gasteiger partial charge in [-0.15, -0.1) is 24.0 Å². The zero-order chi connectivity index (χ0) is 20.4. The van der Waals surface area contributed by atoms with Gasteiger partial charge < -0.3 is 24.5 Å². The van der Waals surface area contributed by atoms with Crippen LogP contribution in [-0.2, 0) is 6.54 Å². The Morgan fingerprint density at radius 3 is 2.38 bits per heavy atom. The lowest BCUT2D eigenvalue weighted by Gasteiger charge is -2.28. The van der Waals surface area contributed by atoms with Crippen molar-refractivity contribution in [3.63, 3.8) is 0 Å². The van der Waals surface area contributed by atoms with E-state index >= 15 is 0 Å². The van der Waals surface area contributed by atoms with E-state index < -0.39 is 0 Å². The highest BCUT2D eigenvalue weighted by atomic mass is 127. The van der Waals surface area contributed by atoms with Gasteiger partial charge in [0.1, 0.15) is 5.76 Å². The molecule has 0 saturated heterocycles. The number of aliphatic imine (C=N–C) groups is 1. The third-order valence-electron chi connectivity index (χ3n) is 4.72. The van der Waals surface area contributed by atoms with Gasteiger partial charge in [0.25, 0.3) is 0 Å². The third-order valence-corrected chi connectivity index (χ3v) is 4.72. The number of rotatable bonds is 10. The largest absolute Gasteiger partial charge is 0.493 e. The van der Waals surface area contributed by atoms with Crippen molar-refractivity contribution in [1.29, 1.82) is 0 Å². The molecule has 29 heavy (non-hydrogen) atoms. The number of hydrogen-bond donors (Lipinski definition) is 2. The SMILES string of the molecule is CCN(CC)C(CNC(=NC)NCc1ccc(OC)c(OC)c1)c1ccco1.I. The van der Waals surface area contributed by atoms with E-state index in [0.717, 1.165) is 30.4 Å². The van der Waals surface area contributed by atoms with Crippen molar-refractivity contribution >= 4 is 29.9 Å². The van der Waals surface area contributed by atoms with Crippen molar-refractivity contribution in [2.24, 2.45) is 4.99 Å². The van der Waals surface area contributed by atoms with Gasteiger partial charge in [-0.1, -0.05) is 19.9 Å². The average Bonchev–Trinajstić information content (AvgIpc) is 3.27. The number of nitrogens with zero attached hydrogens (tertiary/aromatic N) is 2. The van der Waals surface area contributed by atoms with Crippen LogP contribution in [0.1, 0.15) is 31.2 Å². The Morgan fingerprint density at radius 1 is 1.10 bits per heavy atom. The van der Waals surface area contributed by atoms with E-state index in [1.165, 1.54) is 0 Å². The summed E-state index contributed by atoms with van der Waals surface area (Å²) < 4.78 is 16.3. The zero-order valence-corrected chi connectivity index (χ0v) is 20.2. The van der Waals surface area contributed by atoms with Crippen molar-refractivity contribution in [3.8, 4) is 11.5 Å². The number of halogens is 1. The van der Waals surface area contributed by atoms with Gasteiger partial charge in [0.2, 0.25) is 0 Å². The van der Waals surface area contributed by atoms with E-state index in [2.05, 4.69) is 34.4 Å². The molecule has 1 atom stereocenters. The first-order valence-electron chi connectivity index (χ1n) is 9.59. The molecule has 0 aliphatic carbocycles. The number of guanidine groups is 1. The fourth-order valence-electron chi connectivity index (χ4n) is 3.15. The van der Waals surface area contributed by atoms with Crippen LogP contribution >= 0.6 is 24.0 Å². The second-order valence-electron chi connectivity index (χ2n) is 6.25. The van der Waals surface area contributed by atoms with Gasteiger partial charge in [0, 0.05) is 20.1 Å². The Bertz CT molecular complexity index is 734. The summed E-state index contributed by atoms with van der Waals surface area (Å²) in [6.45, 7) is 7.52. The van der Waals surface area contributed by atoms with Gasteiger partial charge in [0.05, 0.1) is 26.5 Å². The van der Waals surface area contributed by atoms with Gasteiger partial charge in [-0.25, -0.2) is 0 Å². The fourth-order valence-corrected chi connectivity index (χ4v) is 3.15. The van der Waals surface area contributed by atoms with Crippen LogP contribution in [0, 0.1) is 0 Å². The Kier molecular flexibility index (Phi) is 11.5. The molecule has 0 spiro atoms. The Morgan fingerprint density at radius 2 is 1.83 bits per heavy atom. The summed E-state index contributed by atoms with van der Waals surface area (Å²) in [5.74, 6) is 3.11. The van der Waals surface area contributed by atoms with Crippen molar-refractivity contribution in [2.75, 3.05) is 40.9 Å². The molecule has 0 aliphatic rings. The van der Waals surface area contributed by atoms with Crippen LogP contribution in [0.5, 0.6) is 11.5 Å². The van der Waals surface area contributed by atoms with Crippen LogP contribution in [0.3, 0.4) is 0 Å². The summed E-state index contributed by atoms with van der Waals surface area (Å²) in [6, 6.07) is 9.95. The summed E-state index contributed by atoms with van der Waals surface area (Å²) in [4.78, 5) is 6.69. The summed E-state index contributed by atoms with van der Waals surface area (Å²) in [6.07, 6.45) is 1.72. The minimum absolute atomic E-state index is 0. The standard InChI is InChI=1S/C21H32N4O3.HI/c1-6-25(7-2)17(18-9-8-12-28-18)15-24-21(22-3)23-14-16-10-11-19(26-4)20(13-16)27-5;/h8-13,17H,6-7,14-15H2,1-5H3,(H2,22,23,24);1H. The highest BCUT2D eigenvalue weighted by Crippen LogP contribution is 2.27. The smallest absolute Gasteiger partial charge is 0.191 e. The third kappa shape index (κ3) is 7.11. The lowest BCUT2D eigenvalue weighted by molar-refractivity contribution is 0.193. The molecule has 7 nitrogen and oxygen atoms in total. The molecule has 2 aromatic rings. The molecule has 2 N–H and O–H groups in total. The molecule has 162 valence electrons. The molecule has 1 aromatic heterocycles. The summed E-state index contributed by atoms with van der Waals surface area (Å²) in [7, 11) is 5.04. The van der Waals surface area contributed by atoms with Gasteiger partial charge >= 0.3 is 0 Å². The van der Waals surface area contributed by atoms with Gasteiger partial charge in [-0.3, -0.25) is 9.89 Å². The molecule has 0 bridgehead atoms. The number of methoxy groups -OCH3 is 2. The zero-order valence-electron chi connectivity index (χ0n) is 17.9. The number of benzene rings is 1. The van der Waals surface area contributed by atoms with Gasteiger partial charge in [-0.05, 0) is 42.9 Å². The second-order valence-corrected chi connectivity index (χ2v) is 6.25. The normalized spacial score (nSPS) is 12.3. The van der Waals surface area contributed by atoms with E-state index in [0.29, 0.717) is 24.6 Å². The molecule has 0 saturated carbocycles. The van der Waals surface area contributed by atoms with E-state index in [1.807, 2.05) is 30.3 Å². The molecule has 0 aliphatic heterocycles. The monoisotopic (exact) mass is 516 g/mol. The first-order chi connectivity index (χ1) is 13.7. The molecule has 2 rings (SSSR count). The van der Waals surface area contributed by atoms with Crippen molar-refractivity contribution < 1.29 is 13.9 Å². The molecule has 1 aromatic carbocycles. The molecular formula is C21H33IN4O3. The Hall–Kier alpha value is -1.94. The maximum atomic E-state index is 5.66. The quantitative estimate of drug-likeness (QED) is 0.286. The number of furan rings is 1. The molecule has 0 fully saturated rings. The number of ether oxygens (including phenoxy) is 2. The first kappa shape index (κ1) is 25.1. The van der Waals surface area contributed by atoms with Crippen molar-refractivity contribution in [2.45, 2.75) is 26.4 Å². The Balaban J connectivity index is 0.00000420. The van der Waals surface area contributed by atoms with Crippen LogP contribution in [0.15, 0.2) is 46.0 Å². The maximum absolute atomic E-state index is 5.66.